The van der Waals surface area contributed by atoms with Gasteiger partial charge in [0.15, 0.2) is 0 Å². The standard InChI is InChI=1S/C11H17N3O2S2/c1-2-13-10-3-4-12-9-11(10)18(15,16)14-5-7-17-8-6-14/h3-4,9H,2,5-8H2,1H3,(H,12,13). The molecule has 0 atom stereocenters. The first kappa shape index (κ1) is 13.6. The monoisotopic (exact) mass is 287 g/mol. The third-order valence-electron chi connectivity index (χ3n) is 2.74. The average molecular weight is 287 g/mol. The number of aromatic nitrogens is 1. The van der Waals surface area contributed by atoms with Crippen molar-refractivity contribution in [3.63, 3.8) is 0 Å². The molecule has 0 aromatic carbocycles. The smallest absolute Gasteiger partial charge is 0.246 e. The van der Waals surface area contributed by atoms with Gasteiger partial charge < -0.3 is 5.32 Å². The summed E-state index contributed by atoms with van der Waals surface area (Å²) in [6.45, 7) is 3.78. The predicted molar refractivity (Wildman–Crippen MR) is 74.5 cm³/mol. The second-order valence-electron chi connectivity index (χ2n) is 3.92. The highest BCUT2D eigenvalue weighted by atomic mass is 32.2. The molecule has 1 fully saturated rings. The van der Waals surface area contributed by atoms with Crippen LogP contribution in [0.4, 0.5) is 5.69 Å². The van der Waals surface area contributed by atoms with Gasteiger partial charge >= 0.3 is 0 Å². The summed E-state index contributed by atoms with van der Waals surface area (Å²) in [7, 11) is -3.42. The highest BCUT2D eigenvalue weighted by molar-refractivity contribution is 7.99. The van der Waals surface area contributed by atoms with Crippen LogP contribution in [-0.2, 0) is 10.0 Å². The van der Waals surface area contributed by atoms with Crippen LogP contribution in [0.1, 0.15) is 6.92 Å². The number of thioether (sulfide) groups is 1. The number of nitrogens with zero attached hydrogens (tertiary/aromatic N) is 2. The first-order valence-electron chi connectivity index (χ1n) is 5.92. The van der Waals surface area contributed by atoms with Crippen LogP contribution in [0.25, 0.3) is 0 Å². The maximum absolute atomic E-state index is 12.5. The number of hydrogen-bond acceptors (Lipinski definition) is 5. The van der Waals surface area contributed by atoms with E-state index in [4.69, 9.17) is 0 Å². The maximum Gasteiger partial charge on any atom is 0.246 e. The van der Waals surface area contributed by atoms with E-state index >= 15 is 0 Å². The number of hydrogen-bond donors (Lipinski definition) is 1. The fraction of sp³-hybridized carbons (Fsp3) is 0.545. The van der Waals surface area contributed by atoms with Crippen LogP contribution in [0.3, 0.4) is 0 Å². The van der Waals surface area contributed by atoms with Gasteiger partial charge in [-0.15, -0.1) is 0 Å². The molecular weight excluding hydrogens is 270 g/mol. The Balaban J connectivity index is 2.34. The lowest BCUT2D eigenvalue weighted by atomic mass is 10.4. The molecule has 2 rings (SSSR count). The zero-order chi connectivity index (χ0) is 13.0. The number of anilines is 1. The van der Waals surface area contributed by atoms with Gasteiger partial charge in [-0.3, -0.25) is 4.98 Å². The van der Waals surface area contributed by atoms with Gasteiger partial charge in [0, 0.05) is 43.5 Å². The van der Waals surface area contributed by atoms with Crippen molar-refractivity contribution in [3.05, 3.63) is 18.5 Å². The molecule has 7 heteroatoms. The van der Waals surface area contributed by atoms with Gasteiger partial charge in [0.2, 0.25) is 10.0 Å². The molecular formula is C11H17N3O2S2. The van der Waals surface area contributed by atoms with Gasteiger partial charge in [0.05, 0.1) is 5.69 Å². The van der Waals surface area contributed by atoms with Crippen molar-refractivity contribution in [2.24, 2.45) is 0 Å². The van der Waals surface area contributed by atoms with Gasteiger partial charge in [-0.05, 0) is 13.0 Å². The van der Waals surface area contributed by atoms with E-state index in [1.807, 2.05) is 6.92 Å². The van der Waals surface area contributed by atoms with Crippen molar-refractivity contribution in [1.29, 1.82) is 0 Å². The average Bonchev–Trinajstić information content (AvgIpc) is 2.41. The zero-order valence-electron chi connectivity index (χ0n) is 10.3. The lowest BCUT2D eigenvalue weighted by Gasteiger charge is -2.26. The van der Waals surface area contributed by atoms with E-state index in [9.17, 15) is 8.42 Å². The summed E-state index contributed by atoms with van der Waals surface area (Å²) < 4.78 is 26.6. The molecule has 1 N–H and O–H groups in total. The Morgan fingerprint density at radius 3 is 2.83 bits per heavy atom. The fourth-order valence-corrected chi connectivity index (χ4v) is 4.54. The molecule has 5 nitrogen and oxygen atoms in total. The molecule has 0 radical (unpaired) electrons. The Hall–Kier alpha value is -0.790. The van der Waals surface area contributed by atoms with Crippen molar-refractivity contribution in [2.45, 2.75) is 11.8 Å². The van der Waals surface area contributed by atoms with Gasteiger partial charge in [-0.2, -0.15) is 16.1 Å². The maximum atomic E-state index is 12.5. The number of rotatable bonds is 4. The van der Waals surface area contributed by atoms with Crippen LogP contribution in [0.2, 0.25) is 0 Å². The summed E-state index contributed by atoms with van der Waals surface area (Å²) in [5.41, 5.74) is 0.630. The predicted octanol–water partition coefficient (Wildman–Crippen LogP) is 1.25. The van der Waals surface area contributed by atoms with E-state index < -0.39 is 10.0 Å². The van der Waals surface area contributed by atoms with Gasteiger partial charge in [0.1, 0.15) is 4.90 Å². The molecule has 0 spiro atoms. The third kappa shape index (κ3) is 2.78. The Morgan fingerprint density at radius 2 is 2.17 bits per heavy atom. The first-order valence-corrected chi connectivity index (χ1v) is 8.51. The normalized spacial score (nSPS) is 17.6. The lowest BCUT2D eigenvalue weighted by molar-refractivity contribution is 0.443. The third-order valence-corrected chi connectivity index (χ3v) is 5.61. The molecule has 18 heavy (non-hydrogen) atoms. The van der Waals surface area contributed by atoms with E-state index in [0.717, 1.165) is 11.5 Å². The lowest BCUT2D eigenvalue weighted by Crippen LogP contribution is -2.38. The van der Waals surface area contributed by atoms with Crippen molar-refractivity contribution >= 4 is 27.5 Å². The topological polar surface area (TPSA) is 62.3 Å². The molecule has 1 aromatic heterocycles. The van der Waals surface area contributed by atoms with E-state index in [2.05, 4.69) is 10.3 Å². The highest BCUT2D eigenvalue weighted by Crippen LogP contribution is 2.25. The summed E-state index contributed by atoms with van der Waals surface area (Å²) in [5, 5.41) is 3.07. The Morgan fingerprint density at radius 1 is 1.44 bits per heavy atom. The SMILES string of the molecule is CCNc1ccncc1S(=O)(=O)N1CCSCC1. The summed E-state index contributed by atoms with van der Waals surface area (Å²) >= 11 is 1.79. The number of sulfonamides is 1. The molecule has 0 aliphatic carbocycles. The van der Waals surface area contributed by atoms with E-state index in [0.29, 0.717) is 25.3 Å². The summed E-state index contributed by atoms with van der Waals surface area (Å²) in [6, 6.07) is 1.70. The van der Waals surface area contributed by atoms with Crippen molar-refractivity contribution in [2.75, 3.05) is 36.5 Å². The quantitative estimate of drug-likeness (QED) is 0.903. The number of nitrogens with one attached hydrogen (secondary N) is 1. The van der Waals surface area contributed by atoms with E-state index in [-0.39, 0.29) is 4.90 Å². The fourth-order valence-electron chi connectivity index (χ4n) is 1.85. The van der Waals surface area contributed by atoms with Gasteiger partial charge in [-0.25, -0.2) is 8.42 Å². The second-order valence-corrected chi connectivity index (χ2v) is 7.05. The molecule has 0 unspecified atom stereocenters. The zero-order valence-corrected chi connectivity index (χ0v) is 11.9. The number of pyridine rings is 1. The minimum absolute atomic E-state index is 0.277. The highest BCUT2D eigenvalue weighted by Gasteiger charge is 2.28. The molecule has 0 saturated carbocycles. The van der Waals surface area contributed by atoms with Gasteiger partial charge in [-0.1, -0.05) is 0 Å². The minimum Gasteiger partial charge on any atom is -0.384 e. The summed E-state index contributed by atoms with van der Waals surface area (Å²) in [4.78, 5) is 4.21. The minimum atomic E-state index is -3.42. The van der Waals surface area contributed by atoms with Crippen LogP contribution in [-0.4, -0.2) is 48.8 Å². The van der Waals surface area contributed by atoms with Crippen molar-refractivity contribution < 1.29 is 8.42 Å². The molecule has 2 heterocycles. The molecule has 1 aliphatic rings. The van der Waals surface area contributed by atoms with E-state index in [1.165, 1.54) is 6.20 Å². The van der Waals surface area contributed by atoms with Crippen LogP contribution >= 0.6 is 11.8 Å². The Labute approximate surface area is 112 Å². The van der Waals surface area contributed by atoms with Crippen LogP contribution in [0.15, 0.2) is 23.4 Å². The van der Waals surface area contributed by atoms with Crippen molar-refractivity contribution in [3.8, 4) is 0 Å². The molecule has 1 aromatic rings. The summed E-state index contributed by atoms with van der Waals surface area (Å²) in [5.74, 6) is 1.71. The first-order chi connectivity index (χ1) is 8.66. The summed E-state index contributed by atoms with van der Waals surface area (Å²) in [6.07, 6.45) is 3.03. The van der Waals surface area contributed by atoms with Crippen LogP contribution in [0.5, 0.6) is 0 Å². The molecule has 1 saturated heterocycles. The van der Waals surface area contributed by atoms with Crippen LogP contribution in [0, 0.1) is 0 Å². The Kier molecular flexibility index (Phi) is 4.47. The van der Waals surface area contributed by atoms with Crippen LogP contribution < -0.4 is 5.32 Å². The molecule has 1 aliphatic heterocycles. The molecule has 100 valence electrons. The van der Waals surface area contributed by atoms with E-state index in [1.54, 1.807) is 28.3 Å². The Bertz CT molecular complexity index is 499. The molecule has 0 amide bonds. The largest absolute Gasteiger partial charge is 0.384 e. The molecule has 0 bridgehead atoms. The van der Waals surface area contributed by atoms with Crippen molar-refractivity contribution in [1.82, 2.24) is 9.29 Å². The van der Waals surface area contributed by atoms with Gasteiger partial charge in [0.25, 0.3) is 0 Å². The second kappa shape index (κ2) is 5.90.